The minimum Gasteiger partial charge on any atom is -0.381 e. The molecule has 0 saturated carbocycles. The SMILES string of the molecule is CN=C(NCCC1CCOCC1)NCC1CCN(S(C)(=O)=O)CC1.I. The Hall–Kier alpha value is -0.130. The van der Waals surface area contributed by atoms with E-state index in [4.69, 9.17) is 4.74 Å². The van der Waals surface area contributed by atoms with E-state index in [1.165, 1.54) is 6.26 Å². The molecular formula is C16H33IN4O3S. The highest BCUT2D eigenvalue weighted by Crippen LogP contribution is 2.19. The van der Waals surface area contributed by atoms with Gasteiger partial charge < -0.3 is 15.4 Å². The van der Waals surface area contributed by atoms with Crippen LogP contribution in [0.1, 0.15) is 32.1 Å². The maximum atomic E-state index is 11.5. The smallest absolute Gasteiger partial charge is 0.211 e. The summed E-state index contributed by atoms with van der Waals surface area (Å²) in [7, 11) is -1.25. The molecule has 2 rings (SSSR count). The molecule has 2 fully saturated rings. The fourth-order valence-electron chi connectivity index (χ4n) is 3.34. The zero-order valence-corrected chi connectivity index (χ0v) is 18.5. The van der Waals surface area contributed by atoms with Crippen LogP contribution in [0.5, 0.6) is 0 Å². The van der Waals surface area contributed by atoms with Crippen molar-refractivity contribution < 1.29 is 13.2 Å². The van der Waals surface area contributed by atoms with Gasteiger partial charge in [0.25, 0.3) is 0 Å². The predicted molar refractivity (Wildman–Crippen MR) is 112 cm³/mol. The first kappa shape index (κ1) is 22.9. The second-order valence-corrected chi connectivity index (χ2v) is 8.81. The molecule has 148 valence electrons. The summed E-state index contributed by atoms with van der Waals surface area (Å²) in [6.45, 7) is 4.81. The summed E-state index contributed by atoms with van der Waals surface area (Å²) in [6, 6.07) is 0. The lowest BCUT2D eigenvalue weighted by molar-refractivity contribution is 0.0643. The molecule has 7 nitrogen and oxygen atoms in total. The first-order valence-corrected chi connectivity index (χ1v) is 10.8. The Balaban J connectivity index is 0.00000312. The van der Waals surface area contributed by atoms with Crippen LogP contribution in [0.25, 0.3) is 0 Å². The van der Waals surface area contributed by atoms with Gasteiger partial charge in [0.2, 0.25) is 10.0 Å². The van der Waals surface area contributed by atoms with Crippen LogP contribution in [-0.2, 0) is 14.8 Å². The van der Waals surface area contributed by atoms with Crippen LogP contribution in [0.4, 0.5) is 0 Å². The molecule has 9 heteroatoms. The summed E-state index contributed by atoms with van der Waals surface area (Å²) in [6.07, 6.45) is 6.56. The van der Waals surface area contributed by atoms with Crippen molar-refractivity contribution in [2.24, 2.45) is 16.8 Å². The highest BCUT2D eigenvalue weighted by atomic mass is 127. The van der Waals surface area contributed by atoms with Crippen LogP contribution < -0.4 is 10.6 Å². The number of halogens is 1. The van der Waals surface area contributed by atoms with Crippen molar-refractivity contribution in [3.8, 4) is 0 Å². The molecule has 0 atom stereocenters. The minimum atomic E-state index is -3.04. The van der Waals surface area contributed by atoms with E-state index in [1.807, 2.05) is 0 Å². The lowest BCUT2D eigenvalue weighted by Crippen LogP contribution is -2.44. The molecule has 0 radical (unpaired) electrons. The number of hydrogen-bond acceptors (Lipinski definition) is 4. The third-order valence-electron chi connectivity index (χ3n) is 5.01. The summed E-state index contributed by atoms with van der Waals surface area (Å²) < 4.78 is 30.0. The van der Waals surface area contributed by atoms with Gasteiger partial charge >= 0.3 is 0 Å². The van der Waals surface area contributed by atoms with Crippen molar-refractivity contribution in [2.75, 3.05) is 52.7 Å². The molecule has 0 aromatic rings. The minimum absolute atomic E-state index is 0. The molecule has 0 aromatic carbocycles. The summed E-state index contributed by atoms with van der Waals surface area (Å²) >= 11 is 0. The van der Waals surface area contributed by atoms with Crippen molar-refractivity contribution in [3.63, 3.8) is 0 Å². The first-order chi connectivity index (χ1) is 11.5. The van der Waals surface area contributed by atoms with Crippen LogP contribution in [0.3, 0.4) is 0 Å². The first-order valence-electron chi connectivity index (χ1n) is 8.96. The number of nitrogens with one attached hydrogen (secondary N) is 2. The van der Waals surface area contributed by atoms with Crippen molar-refractivity contribution in [3.05, 3.63) is 0 Å². The average Bonchev–Trinajstić information content (AvgIpc) is 2.58. The molecule has 0 amide bonds. The van der Waals surface area contributed by atoms with Gasteiger partial charge in [-0.2, -0.15) is 0 Å². The average molecular weight is 488 g/mol. The van der Waals surface area contributed by atoms with Gasteiger partial charge in [0.15, 0.2) is 5.96 Å². The van der Waals surface area contributed by atoms with E-state index in [0.717, 1.165) is 70.3 Å². The lowest BCUT2D eigenvalue weighted by atomic mass is 9.97. The summed E-state index contributed by atoms with van der Waals surface area (Å²) in [5, 5.41) is 6.76. The van der Waals surface area contributed by atoms with E-state index in [-0.39, 0.29) is 24.0 Å². The molecule has 0 spiro atoms. The Morgan fingerprint density at radius 3 is 2.32 bits per heavy atom. The quantitative estimate of drug-likeness (QED) is 0.334. The molecule has 2 heterocycles. The number of ether oxygens (including phenoxy) is 1. The van der Waals surface area contributed by atoms with Gasteiger partial charge in [0, 0.05) is 46.4 Å². The summed E-state index contributed by atoms with van der Waals surface area (Å²) in [5.74, 6) is 2.09. The van der Waals surface area contributed by atoms with Crippen LogP contribution in [0.2, 0.25) is 0 Å². The maximum absolute atomic E-state index is 11.5. The predicted octanol–water partition coefficient (Wildman–Crippen LogP) is 1.26. The molecule has 2 aliphatic rings. The molecule has 2 N–H and O–H groups in total. The fourth-order valence-corrected chi connectivity index (χ4v) is 4.21. The van der Waals surface area contributed by atoms with E-state index < -0.39 is 10.0 Å². The zero-order chi connectivity index (χ0) is 17.4. The Kier molecular flexibility index (Phi) is 10.6. The summed E-state index contributed by atoms with van der Waals surface area (Å²) in [5.41, 5.74) is 0. The number of sulfonamides is 1. The maximum Gasteiger partial charge on any atom is 0.211 e. The molecule has 25 heavy (non-hydrogen) atoms. The van der Waals surface area contributed by atoms with E-state index in [0.29, 0.717) is 19.0 Å². The second-order valence-electron chi connectivity index (χ2n) is 6.83. The number of aliphatic imine (C=N–C) groups is 1. The van der Waals surface area contributed by atoms with Crippen molar-refractivity contribution in [1.82, 2.24) is 14.9 Å². The van der Waals surface area contributed by atoms with Crippen LogP contribution in [0.15, 0.2) is 4.99 Å². The number of rotatable bonds is 6. The number of piperidine rings is 1. The van der Waals surface area contributed by atoms with Gasteiger partial charge in [-0.3, -0.25) is 4.99 Å². The normalized spacial score (nSPS) is 21.6. The molecule has 2 aliphatic heterocycles. The van der Waals surface area contributed by atoms with Gasteiger partial charge in [-0.1, -0.05) is 0 Å². The van der Waals surface area contributed by atoms with Gasteiger partial charge in [-0.05, 0) is 43.9 Å². The molecule has 0 aliphatic carbocycles. The second kappa shape index (κ2) is 11.6. The number of hydrogen-bond donors (Lipinski definition) is 2. The Morgan fingerprint density at radius 2 is 1.76 bits per heavy atom. The van der Waals surface area contributed by atoms with Gasteiger partial charge in [0.1, 0.15) is 0 Å². The Labute approximate surface area is 169 Å². The Bertz CT molecular complexity index is 502. The van der Waals surface area contributed by atoms with Gasteiger partial charge in [0.05, 0.1) is 6.26 Å². The van der Waals surface area contributed by atoms with Gasteiger partial charge in [-0.15, -0.1) is 24.0 Å². The highest BCUT2D eigenvalue weighted by Gasteiger charge is 2.24. The molecule has 0 unspecified atom stereocenters. The fraction of sp³-hybridized carbons (Fsp3) is 0.938. The standard InChI is InChI=1S/C16H32N4O3S.HI/c1-17-16(18-8-3-14-6-11-23-12-7-14)19-13-15-4-9-20(10-5-15)24(2,21)22;/h14-15H,3-13H2,1-2H3,(H2,17,18,19);1H. The zero-order valence-electron chi connectivity index (χ0n) is 15.4. The third-order valence-corrected chi connectivity index (χ3v) is 6.31. The topological polar surface area (TPSA) is 83.0 Å². The Morgan fingerprint density at radius 1 is 1.12 bits per heavy atom. The van der Waals surface area contributed by atoms with E-state index in [2.05, 4.69) is 15.6 Å². The van der Waals surface area contributed by atoms with Crippen LogP contribution in [0, 0.1) is 11.8 Å². The van der Waals surface area contributed by atoms with Crippen molar-refractivity contribution in [1.29, 1.82) is 0 Å². The third kappa shape index (κ3) is 8.40. The van der Waals surface area contributed by atoms with E-state index in [9.17, 15) is 8.42 Å². The molecular weight excluding hydrogens is 455 g/mol. The van der Waals surface area contributed by atoms with Crippen LogP contribution in [-0.4, -0.2) is 71.4 Å². The monoisotopic (exact) mass is 488 g/mol. The van der Waals surface area contributed by atoms with Crippen molar-refractivity contribution >= 4 is 40.0 Å². The number of guanidine groups is 1. The number of nitrogens with zero attached hydrogens (tertiary/aromatic N) is 2. The molecule has 2 saturated heterocycles. The van der Waals surface area contributed by atoms with E-state index >= 15 is 0 Å². The highest BCUT2D eigenvalue weighted by molar-refractivity contribution is 14.0. The molecule has 0 aromatic heterocycles. The molecule has 0 bridgehead atoms. The van der Waals surface area contributed by atoms with Crippen LogP contribution >= 0.6 is 24.0 Å². The van der Waals surface area contributed by atoms with Crippen molar-refractivity contribution in [2.45, 2.75) is 32.1 Å². The van der Waals surface area contributed by atoms with Gasteiger partial charge in [-0.25, -0.2) is 12.7 Å². The van der Waals surface area contributed by atoms with E-state index in [1.54, 1.807) is 11.4 Å². The largest absolute Gasteiger partial charge is 0.381 e. The summed E-state index contributed by atoms with van der Waals surface area (Å²) in [4.78, 5) is 4.27. The lowest BCUT2D eigenvalue weighted by Gasteiger charge is -2.30.